The van der Waals surface area contributed by atoms with E-state index in [4.69, 9.17) is 0 Å². The number of piperazine rings is 1. The minimum Gasteiger partial charge on any atom is -0.354 e. The molecule has 4 heterocycles. The Morgan fingerprint density at radius 3 is 2.90 bits per heavy atom. The predicted molar refractivity (Wildman–Crippen MR) is 110 cm³/mol. The van der Waals surface area contributed by atoms with Gasteiger partial charge in [-0.25, -0.2) is 4.98 Å². The summed E-state index contributed by atoms with van der Waals surface area (Å²) in [5.41, 5.74) is 2.06. The first kappa shape index (κ1) is 18.1. The largest absolute Gasteiger partial charge is 0.354 e. The minimum absolute atomic E-state index is 0.125. The monoisotopic (exact) mass is 391 g/mol. The normalized spacial score (nSPS) is 19.8. The summed E-state index contributed by atoms with van der Waals surface area (Å²) in [4.78, 5) is 21.5. The van der Waals surface area contributed by atoms with E-state index in [9.17, 15) is 4.79 Å². The van der Waals surface area contributed by atoms with Gasteiger partial charge in [0, 0.05) is 37.9 Å². The molecule has 2 aliphatic heterocycles. The average molecular weight is 391 g/mol. The summed E-state index contributed by atoms with van der Waals surface area (Å²) in [6.07, 6.45) is 5.69. The lowest BCUT2D eigenvalue weighted by Gasteiger charge is -2.36. The highest BCUT2D eigenvalue weighted by atomic mass is 16.2. The van der Waals surface area contributed by atoms with Gasteiger partial charge >= 0.3 is 0 Å². The molecule has 5 rings (SSSR count). The Hall–Kier alpha value is -3.00. The molecule has 0 radical (unpaired) electrons. The van der Waals surface area contributed by atoms with Gasteiger partial charge in [0.25, 0.3) is 11.7 Å². The molecule has 2 aromatic heterocycles. The third-order valence-corrected chi connectivity index (χ3v) is 5.94. The van der Waals surface area contributed by atoms with Crippen molar-refractivity contribution in [3.8, 4) is 0 Å². The number of hydrogen-bond acceptors (Lipinski definition) is 6. The van der Waals surface area contributed by atoms with E-state index in [1.807, 2.05) is 27.5 Å². The SMILES string of the molecule is O=C(c1cccc(CC2CCNC2)c1)N1CCN(c2ccnc3nncn23)CC1. The maximum absolute atomic E-state index is 13.1. The van der Waals surface area contributed by atoms with Crippen molar-refractivity contribution in [2.75, 3.05) is 44.2 Å². The van der Waals surface area contributed by atoms with E-state index in [1.54, 1.807) is 12.5 Å². The first-order valence-corrected chi connectivity index (χ1v) is 10.3. The number of nitrogens with zero attached hydrogens (tertiary/aromatic N) is 6. The van der Waals surface area contributed by atoms with Crippen LogP contribution in [0.3, 0.4) is 0 Å². The van der Waals surface area contributed by atoms with Gasteiger partial charge in [0.15, 0.2) is 0 Å². The lowest BCUT2D eigenvalue weighted by Crippen LogP contribution is -2.49. The van der Waals surface area contributed by atoms with Crippen LogP contribution in [0.2, 0.25) is 0 Å². The Labute approximate surface area is 169 Å². The maximum Gasteiger partial charge on any atom is 0.256 e. The van der Waals surface area contributed by atoms with Crippen LogP contribution >= 0.6 is 0 Å². The average Bonchev–Trinajstić information content (AvgIpc) is 3.45. The van der Waals surface area contributed by atoms with E-state index in [0.29, 0.717) is 24.8 Å². The second kappa shape index (κ2) is 7.79. The van der Waals surface area contributed by atoms with Crippen molar-refractivity contribution in [3.05, 3.63) is 54.0 Å². The van der Waals surface area contributed by atoms with Gasteiger partial charge in [0.2, 0.25) is 0 Å². The number of carbonyl (C=O) groups is 1. The molecule has 2 fully saturated rings. The summed E-state index contributed by atoms with van der Waals surface area (Å²) < 4.78 is 1.89. The zero-order valence-electron chi connectivity index (χ0n) is 16.4. The number of anilines is 1. The van der Waals surface area contributed by atoms with Gasteiger partial charge in [-0.15, -0.1) is 10.2 Å². The van der Waals surface area contributed by atoms with Crippen molar-refractivity contribution in [3.63, 3.8) is 0 Å². The quantitative estimate of drug-likeness (QED) is 0.721. The topological polar surface area (TPSA) is 78.7 Å². The molecule has 0 aliphatic carbocycles. The number of carbonyl (C=O) groups excluding carboxylic acids is 1. The molecule has 0 saturated carbocycles. The molecule has 8 nitrogen and oxygen atoms in total. The molecule has 2 saturated heterocycles. The number of nitrogens with one attached hydrogen (secondary N) is 1. The predicted octanol–water partition coefficient (Wildman–Crippen LogP) is 1.24. The highest BCUT2D eigenvalue weighted by Crippen LogP contribution is 2.19. The molecule has 1 unspecified atom stereocenters. The summed E-state index contributed by atoms with van der Waals surface area (Å²) in [7, 11) is 0. The third-order valence-electron chi connectivity index (χ3n) is 5.94. The molecular weight excluding hydrogens is 366 g/mol. The summed E-state index contributed by atoms with van der Waals surface area (Å²) in [5, 5.41) is 11.4. The summed E-state index contributed by atoms with van der Waals surface area (Å²) in [5.74, 6) is 2.41. The van der Waals surface area contributed by atoms with Gasteiger partial charge in [-0.05, 0) is 55.6 Å². The Bertz CT molecular complexity index is 1000. The fraction of sp³-hybridized carbons (Fsp3) is 0.429. The van der Waals surface area contributed by atoms with Crippen molar-refractivity contribution in [1.82, 2.24) is 29.8 Å². The summed E-state index contributed by atoms with van der Waals surface area (Å²) in [6.45, 7) is 5.12. The lowest BCUT2D eigenvalue weighted by molar-refractivity contribution is 0.0746. The van der Waals surface area contributed by atoms with Crippen molar-refractivity contribution in [1.29, 1.82) is 0 Å². The first-order chi connectivity index (χ1) is 14.3. The van der Waals surface area contributed by atoms with Crippen LogP contribution in [0.15, 0.2) is 42.9 Å². The van der Waals surface area contributed by atoms with Crippen LogP contribution < -0.4 is 10.2 Å². The van der Waals surface area contributed by atoms with Gasteiger partial charge < -0.3 is 15.1 Å². The third kappa shape index (κ3) is 3.67. The van der Waals surface area contributed by atoms with Crippen LogP contribution in [-0.2, 0) is 6.42 Å². The molecule has 1 aromatic carbocycles. The molecule has 0 spiro atoms. The van der Waals surface area contributed by atoms with Crippen LogP contribution in [0, 0.1) is 5.92 Å². The number of benzene rings is 1. The van der Waals surface area contributed by atoms with E-state index < -0.39 is 0 Å². The molecule has 1 amide bonds. The van der Waals surface area contributed by atoms with Crippen molar-refractivity contribution >= 4 is 17.5 Å². The molecule has 0 bridgehead atoms. The second-order valence-corrected chi connectivity index (χ2v) is 7.85. The fourth-order valence-corrected chi connectivity index (χ4v) is 4.36. The van der Waals surface area contributed by atoms with Crippen LogP contribution in [-0.4, -0.2) is 69.7 Å². The minimum atomic E-state index is 0.125. The number of aromatic nitrogens is 4. The Balaban J connectivity index is 1.25. The molecule has 2 aliphatic rings. The highest BCUT2D eigenvalue weighted by molar-refractivity contribution is 5.94. The van der Waals surface area contributed by atoms with E-state index in [1.165, 1.54) is 12.0 Å². The summed E-state index contributed by atoms with van der Waals surface area (Å²) >= 11 is 0. The first-order valence-electron chi connectivity index (χ1n) is 10.3. The number of fused-ring (bicyclic) bond motifs is 1. The van der Waals surface area contributed by atoms with E-state index in [2.05, 4.69) is 37.5 Å². The van der Waals surface area contributed by atoms with Gasteiger partial charge in [-0.1, -0.05) is 12.1 Å². The van der Waals surface area contributed by atoms with Crippen LogP contribution in [0.1, 0.15) is 22.3 Å². The number of amides is 1. The Morgan fingerprint density at radius 2 is 2.07 bits per heavy atom. The van der Waals surface area contributed by atoms with Crippen LogP contribution in [0.25, 0.3) is 5.78 Å². The zero-order valence-corrected chi connectivity index (χ0v) is 16.4. The van der Waals surface area contributed by atoms with Crippen LogP contribution in [0.5, 0.6) is 0 Å². The zero-order chi connectivity index (χ0) is 19.6. The lowest BCUT2D eigenvalue weighted by atomic mass is 9.97. The van der Waals surface area contributed by atoms with E-state index in [0.717, 1.165) is 44.0 Å². The second-order valence-electron chi connectivity index (χ2n) is 7.85. The highest BCUT2D eigenvalue weighted by Gasteiger charge is 2.24. The summed E-state index contributed by atoms with van der Waals surface area (Å²) in [6, 6.07) is 10.1. The van der Waals surface area contributed by atoms with Gasteiger partial charge in [0.1, 0.15) is 12.1 Å². The van der Waals surface area contributed by atoms with E-state index in [-0.39, 0.29) is 5.91 Å². The maximum atomic E-state index is 13.1. The Kier molecular flexibility index (Phi) is 4.85. The van der Waals surface area contributed by atoms with Crippen molar-refractivity contribution < 1.29 is 4.79 Å². The fourth-order valence-electron chi connectivity index (χ4n) is 4.36. The van der Waals surface area contributed by atoms with Gasteiger partial charge in [-0.3, -0.25) is 9.20 Å². The van der Waals surface area contributed by atoms with Crippen molar-refractivity contribution in [2.45, 2.75) is 12.8 Å². The molecule has 29 heavy (non-hydrogen) atoms. The van der Waals surface area contributed by atoms with Gasteiger partial charge in [-0.2, -0.15) is 0 Å². The number of rotatable bonds is 4. The Morgan fingerprint density at radius 1 is 1.17 bits per heavy atom. The van der Waals surface area contributed by atoms with Crippen LogP contribution in [0.4, 0.5) is 5.82 Å². The molecule has 1 N–H and O–H groups in total. The number of hydrogen-bond donors (Lipinski definition) is 1. The molecule has 1 atom stereocenters. The van der Waals surface area contributed by atoms with Crippen molar-refractivity contribution in [2.24, 2.45) is 5.92 Å². The molecule has 150 valence electrons. The molecule has 3 aromatic rings. The smallest absolute Gasteiger partial charge is 0.256 e. The molecular formula is C21H25N7O. The standard InChI is InChI=1S/C21H25N7O/c29-20(18-3-1-2-16(13-18)12-17-4-6-22-14-17)27-10-8-26(9-11-27)19-5-7-23-21-25-24-15-28(19)21/h1-3,5,7,13,15,17,22H,4,6,8-12,14H2. The van der Waals surface area contributed by atoms with Gasteiger partial charge in [0.05, 0.1) is 0 Å². The molecule has 8 heteroatoms. The van der Waals surface area contributed by atoms with E-state index >= 15 is 0 Å².